The minimum Gasteiger partial charge on any atom is -0.344 e. The van der Waals surface area contributed by atoms with Gasteiger partial charge in [-0.15, -0.1) is 0 Å². The Kier molecular flexibility index (Phi) is 3.70. The highest BCUT2D eigenvalue weighted by Crippen LogP contribution is 2.10. The molecule has 0 fully saturated rings. The maximum atomic E-state index is 12.0. The zero-order valence-corrected chi connectivity index (χ0v) is 10.7. The van der Waals surface area contributed by atoms with Gasteiger partial charge in [0.15, 0.2) is 0 Å². The van der Waals surface area contributed by atoms with E-state index in [2.05, 4.69) is 15.4 Å². The number of pyridine rings is 1. The minimum atomic E-state index is -0.320. The van der Waals surface area contributed by atoms with Crippen molar-refractivity contribution in [3.63, 3.8) is 0 Å². The number of nitrogens with one attached hydrogen (secondary N) is 1. The third-order valence-electron chi connectivity index (χ3n) is 2.75. The smallest absolute Gasteiger partial charge is 0.272 e. The van der Waals surface area contributed by atoms with Crippen LogP contribution in [0.3, 0.4) is 0 Å². The predicted molar refractivity (Wildman–Crippen MR) is 69.6 cm³/mol. The normalized spacial score (nSPS) is 11.9. The molecule has 6 heteroatoms. The Labute approximate surface area is 110 Å². The van der Waals surface area contributed by atoms with Gasteiger partial charge in [-0.3, -0.25) is 14.6 Å². The van der Waals surface area contributed by atoms with E-state index in [-0.39, 0.29) is 23.2 Å². The van der Waals surface area contributed by atoms with E-state index in [4.69, 9.17) is 0 Å². The summed E-state index contributed by atoms with van der Waals surface area (Å²) < 4.78 is 1.13. The van der Waals surface area contributed by atoms with Gasteiger partial charge in [0.2, 0.25) is 0 Å². The highest BCUT2D eigenvalue weighted by atomic mass is 16.2. The fourth-order valence-corrected chi connectivity index (χ4v) is 1.63. The van der Waals surface area contributed by atoms with Gasteiger partial charge in [-0.25, -0.2) is 4.68 Å². The van der Waals surface area contributed by atoms with Crippen molar-refractivity contribution in [3.05, 3.63) is 58.3 Å². The quantitative estimate of drug-likeness (QED) is 0.877. The molecule has 0 spiro atoms. The predicted octanol–water partition coefficient (Wildman–Crippen LogP) is 0.666. The van der Waals surface area contributed by atoms with Crippen LogP contribution in [0.4, 0.5) is 0 Å². The molecule has 1 unspecified atom stereocenters. The van der Waals surface area contributed by atoms with Gasteiger partial charge < -0.3 is 5.32 Å². The maximum absolute atomic E-state index is 12.0. The second kappa shape index (κ2) is 5.43. The Morgan fingerprint density at radius 1 is 1.26 bits per heavy atom. The van der Waals surface area contributed by atoms with Crippen LogP contribution in [-0.4, -0.2) is 20.7 Å². The first-order valence-electron chi connectivity index (χ1n) is 5.83. The van der Waals surface area contributed by atoms with Gasteiger partial charge in [-0.05, 0) is 30.7 Å². The molecule has 98 valence electrons. The molecule has 0 aromatic carbocycles. The van der Waals surface area contributed by atoms with Gasteiger partial charge in [0.25, 0.3) is 11.5 Å². The number of carbonyl (C=O) groups excluding carboxylic acids is 1. The zero-order valence-electron chi connectivity index (χ0n) is 10.7. The first-order valence-corrected chi connectivity index (χ1v) is 5.83. The molecule has 0 aliphatic heterocycles. The van der Waals surface area contributed by atoms with Crippen LogP contribution in [0.5, 0.6) is 0 Å². The van der Waals surface area contributed by atoms with Gasteiger partial charge in [-0.2, -0.15) is 5.10 Å². The number of nitrogens with zero attached hydrogens (tertiary/aromatic N) is 3. The van der Waals surface area contributed by atoms with Crippen LogP contribution in [-0.2, 0) is 7.05 Å². The van der Waals surface area contributed by atoms with Crippen molar-refractivity contribution in [3.8, 4) is 0 Å². The molecule has 0 saturated heterocycles. The van der Waals surface area contributed by atoms with Gasteiger partial charge >= 0.3 is 0 Å². The van der Waals surface area contributed by atoms with E-state index in [1.165, 1.54) is 19.2 Å². The van der Waals surface area contributed by atoms with Gasteiger partial charge in [0, 0.05) is 25.5 Å². The summed E-state index contributed by atoms with van der Waals surface area (Å²) in [6.07, 6.45) is 3.34. The van der Waals surface area contributed by atoms with Crippen LogP contribution in [0.2, 0.25) is 0 Å². The van der Waals surface area contributed by atoms with Crippen LogP contribution >= 0.6 is 0 Å². The molecule has 1 atom stereocenters. The standard InChI is InChI=1S/C13H14N4O2/c1-9(10-5-7-14-8-6-10)15-13(19)11-3-4-12(18)17(2)16-11/h3-9H,1-2H3,(H,15,19). The summed E-state index contributed by atoms with van der Waals surface area (Å²) in [6.45, 7) is 1.87. The lowest BCUT2D eigenvalue weighted by Crippen LogP contribution is -2.30. The molecule has 1 amide bonds. The van der Waals surface area contributed by atoms with Crippen molar-refractivity contribution in [2.75, 3.05) is 0 Å². The SMILES string of the molecule is CC(NC(=O)c1ccc(=O)n(C)n1)c1ccncc1. The van der Waals surface area contributed by atoms with Crippen LogP contribution < -0.4 is 10.9 Å². The minimum absolute atomic E-state index is 0.158. The number of hydrogen-bond donors (Lipinski definition) is 1. The molecule has 0 saturated carbocycles. The van der Waals surface area contributed by atoms with Crippen molar-refractivity contribution in [2.45, 2.75) is 13.0 Å². The molecular weight excluding hydrogens is 244 g/mol. The molecule has 0 aliphatic rings. The molecule has 19 heavy (non-hydrogen) atoms. The van der Waals surface area contributed by atoms with E-state index in [0.29, 0.717) is 0 Å². The average Bonchev–Trinajstić information content (AvgIpc) is 2.42. The topological polar surface area (TPSA) is 76.9 Å². The molecule has 0 radical (unpaired) electrons. The van der Waals surface area contributed by atoms with Crippen molar-refractivity contribution < 1.29 is 4.79 Å². The van der Waals surface area contributed by atoms with Crippen LogP contribution in [0.1, 0.15) is 29.0 Å². The van der Waals surface area contributed by atoms with E-state index < -0.39 is 0 Å². The highest BCUT2D eigenvalue weighted by molar-refractivity contribution is 5.92. The number of carbonyl (C=O) groups is 1. The van der Waals surface area contributed by atoms with Crippen LogP contribution in [0.15, 0.2) is 41.5 Å². The van der Waals surface area contributed by atoms with Crippen molar-refractivity contribution in [1.82, 2.24) is 20.1 Å². The van der Waals surface area contributed by atoms with E-state index in [0.717, 1.165) is 10.2 Å². The molecule has 0 bridgehead atoms. The Balaban J connectivity index is 2.13. The van der Waals surface area contributed by atoms with Gasteiger partial charge in [-0.1, -0.05) is 0 Å². The molecule has 0 aliphatic carbocycles. The van der Waals surface area contributed by atoms with E-state index in [9.17, 15) is 9.59 Å². The summed E-state index contributed by atoms with van der Waals surface area (Å²) in [5.74, 6) is -0.320. The van der Waals surface area contributed by atoms with Gasteiger partial charge in [0.05, 0.1) is 6.04 Å². The fourth-order valence-electron chi connectivity index (χ4n) is 1.63. The second-order valence-electron chi connectivity index (χ2n) is 4.16. The molecule has 2 aromatic heterocycles. The first kappa shape index (κ1) is 12.9. The summed E-state index contributed by atoms with van der Waals surface area (Å²) in [5.41, 5.74) is 0.912. The number of hydrogen-bond acceptors (Lipinski definition) is 4. The van der Waals surface area contributed by atoms with Gasteiger partial charge in [0.1, 0.15) is 5.69 Å². The Bertz CT molecular complexity index is 637. The summed E-state index contributed by atoms with van der Waals surface area (Å²) in [7, 11) is 1.51. The summed E-state index contributed by atoms with van der Waals surface area (Å²) in [5, 5.41) is 6.71. The third kappa shape index (κ3) is 3.04. The van der Waals surface area contributed by atoms with Crippen molar-refractivity contribution in [1.29, 1.82) is 0 Å². The Hall–Kier alpha value is -2.50. The largest absolute Gasteiger partial charge is 0.344 e. The van der Waals surface area contributed by atoms with E-state index in [1.54, 1.807) is 12.4 Å². The van der Waals surface area contributed by atoms with Crippen molar-refractivity contribution in [2.24, 2.45) is 7.05 Å². The Morgan fingerprint density at radius 2 is 1.95 bits per heavy atom. The fraction of sp³-hybridized carbons (Fsp3) is 0.231. The lowest BCUT2D eigenvalue weighted by atomic mass is 10.1. The average molecular weight is 258 g/mol. The summed E-state index contributed by atoms with van der Waals surface area (Å²) in [4.78, 5) is 27.1. The van der Waals surface area contributed by atoms with Crippen LogP contribution in [0.25, 0.3) is 0 Å². The summed E-state index contributed by atoms with van der Waals surface area (Å²) >= 11 is 0. The number of aryl methyl sites for hydroxylation is 1. The highest BCUT2D eigenvalue weighted by Gasteiger charge is 2.13. The Morgan fingerprint density at radius 3 is 2.58 bits per heavy atom. The number of amides is 1. The lowest BCUT2D eigenvalue weighted by molar-refractivity contribution is 0.0932. The molecule has 6 nitrogen and oxygen atoms in total. The lowest BCUT2D eigenvalue weighted by Gasteiger charge is -2.13. The first-order chi connectivity index (χ1) is 9.08. The van der Waals surface area contributed by atoms with Crippen molar-refractivity contribution >= 4 is 5.91 Å². The molecule has 1 N–H and O–H groups in total. The van der Waals surface area contributed by atoms with E-state index in [1.807, 2.05) is 19.1 Å². The monoisotopic (exact) mass is 258 g/mol. The maximum Gasteiger partial charge on any atom is 0.272 e. The molecule has 2 rings (SSSR count). The third-order valence-corrected chi connectivity index (χ3v) is 2.75. The number of aromatic nitrogens is 3. The molecule has 2 aromatic rings. The van der Waals surface area contributed by atoms with Crippen LogP contribution in [0, 0.1) is 0 Å². The summed E-state index contributed by atoms with van der Waals surface area (Å²) in [6, 6.07) is 6.24. The molecule has 2 heterocycles. The molecular formula is C13H14N4O2. The second-order valence-corrected chi connectivity index (χ2v) is 4.16. The zero-order chi connectivity index (χ0) is 13.8. The van der Waals surface area contributed by atoms with E-state index >= 15 is 0 Å². The number of rotatable bonds is 3.